The molecule has 0 aliphatic carbocycles. The SMILES string of the molecule is CC(=NSC(C)(C)C)c1ccc(S(F)(F)(F)(F)F)cc1F. The number of rotatable bonds is 3. The smallest absolute Gasteiger partial charge is 0.220 e. The van der Waals surface area contributed by atoms with Gasteiger partial charge in [-0.3, -0.25) is 0 Å². The molecule has 0 aliphatic heterocycles. The Balaban J connectivity index is 3.23. The van der Waals surface area contributed by atoms with Crippen molar-refractivity contribution < 1.29 is 23.8 Å². The summed E-state index contributed by atoms with van der Waals surface area (Å²) in [6.45, 7) is 6.95. The Kier molecular flexibility index (Phi) is 3.97. The van der Waals surface area contributed by atoms with Crippen LogP contribution in [0, 0.1) is 5.82 Å². The Morgan fingerprint density at radius 3 is 2.00 bits per heavy atom. The lowest BCUT2D eigenvalue weighted by Crippen LogP contribution is -2.09. The second-order valence-corrected chi connectivity index (χ2v) is 9.49. The van der Waals surface area contributed by atoms with Gasteiger partial charge in [0, 0.05) is 10.3 Å². The van der Waals surface area contributed by atoms with Crippen LogP contribution < -0.4 is 0 Å². The fraction of sp³-hybridized carbons (Fsp3) is 0.417. The molecule has 0 radical (unpaired) electrons. The molecule has 21 heavy (non-hydrogen) atoms. The minimum atomic E-state index is -9.86. The highest BCUT2D eigenvalue weighted by atomic mass is 32.5. The van der Waals surface area contributed by atoms with Crippen molar-refractivity contribution in [2.75, 3.05) is 0 Å². The van der Waals surface area contributed by atoms with E-state index in [0.717, 1.165) is 11.9 Å². The molecule has 0 aliphatic rings. The molecule has 0 aromatic heterocycles. The summed E-state index contributed by atoms with van der Waals surface area (Å²) in [5.41, 5.74) is -0.113. The summed E-state index contributed by atoms with van der Waals surface area (Å²) in [7, 11) is -9.86. The summed E-state index contributed by atoms with van der Waals surface area (Å²) < 4.78 is 80.2. The Labute approximate surface area is 123 Å². The average molecular weight is 351 g/mol. The topological polar surface area (TPSA) is 12.4 Å². The molecule has 0 unspecified atom stereocenters. The van der Waals surface area contributed by atoms with Crippen molar-refractivity contribution in [3.8, 4) is 0 Å². The number of benzene rings is 1. The van der Waals surface area contributed by atoms with Crippen molar-refractivity contribution >= 4 is 27.9 Å². The summed E-state index contributed by atoms with van der Waals surface area (Å²) in [5, 5.41) is 0. The van der Waals surface area contributed by atoms with Crippen LogP contribution in [0.5, 0.6) is 0 Å². The maximum absolute atomic E-state index is 13.7. The lowest BCUT2D eigenvalue weighted by atomic mass is 10.1. The van der Waals surface area contributed by atoms with E-state index >= 15 is 0 Å². The molecule has 0 N–H and O–H groups in total. The average Bonchev–Trinajstić information content (AvgIpc) is 2.21. The molecule has 0 saturated carbocycles. The number of hydrogen-bond acceptors (Lipinski definition) is 2. The molecule has 0 amide bonds. The molecule has 1 rings (SSSR count). The van der Waals surface area contributed by atoms with Crippen LogP contribution in [0.4, 0.5) is 23.8 Å². The van der Waals surface area contributed by atoms with Gasteiger partial charge in [0.15, 0.2) is 0 Å². The maximum Gasteiger partial charge on any atom is 0.310 e. The molecule has 0 saturated heterocycles. The molecule has 1 aromatic rings. The fourth-order valence-corrected chi connectivity index (χ4v) is 2.44. The van der Waals surface area contributed by atoms with Gasteiger partial charge in [-0.25, -0.2) is 8.79 Å². The third-order valence-corrected chi connectivity index (χ3v) is 4.29. The summed E-state index contributed by atoms with van der Waals surface area (Å²) in [6, 6.07) is 0.670. The molecular weight excluding hydrogens is 336 g/mol. The van der Waals surface area contributed by atoms with Gasteiger partial charge in [-0.15, -0.1) is 0 Å². The summed E-state index contributed by atoms with van der Waals surface area (Å²) in [6.07, 6.45) is 0. The van der Waals surface area contributed by atoms with E-state index in [4.69, 9.17) is 0 Å². The molecule has 122 valence electrons. The van der Waals surface area contributed by atoms with Gasteiger partial charge in [-0.05, 0) is 57.8 Å². The van der Waals surface area contributed by atoms with E-state index < -0.39 is 20.9 Å². The zero-order valence-electron chi connectivity index (χ0n) is 11.8. The lowest BCUT2D eigenvalue weighted by molar-refractivity contribution is 0.363. The van der Waals surface area contributed by atoms with E-state index in [0.29, 0.717) is 6.07 Å². The van der Waals surface area contributed by atoms with E-state index in [1.54, 1.807) is 0 Å². The van der Waals surface area contributed by atoms with Gasteiger partial charge in [0.2, 0.25) is 0 Å². The van der Waals surface area contributed by atoms with E-state index in [-0.39, 0.29) is 28.2 Å². The fourth-order valence-electron chi connectivity index (χ4n) is 1.28. The van der Waals surface area contributed by atoms with Crippen LogP contribution in [0.15, 0.2) is 27.5 Å². The van der Waals surface area contributed by atoms with Gasteiger partial charge in [0.1, 0.15) is 10.7 Å². The zero-order chi connectivity index (χ0) is 16.8. The first kappa shape index (κ1) is 18.2. The zero-order valence-corrected chi connectivity index (χ0v) is 13.4. The van der Waals surface area contributed by atoms with Crippen LogP contribution in [0.25, 0.3) is 0 Å². The Hall–Kier alpha value is -0.830. The highest BCUT2D eigenvalue weighted by molar-refractivity contribution is 8.45. The Morgan fingerprint density at radius 2 is 1.62 bits per heavy atom. The normalized spacial score (nSPS) is 17.3. The second-order valence-electron chi connectivity index (χ2n) is 5.49. The highest BCUT2D eigenvalue weighted by Crippen LogP contribution is 3.02. The molecule has 0 bridgehead atoms. The number of hydrogen-bond donors (Lipinski definition) is 0. The number of nitrogens with zero attached hydrogens (tertiary/aromatic N) is 1. The van der Waals surface area contributed by atoms with Gasteiger partial charge < -0.3 is 0 Å². The quantitative estimate of drug-likeness (QED) is 0.334. The van der Waals surface area contributed by atoms with Gasteiger partial charge in [0.25, 0.3) is 0 Å². The molecule has 0 atom stereocenters. The van der Waals surface area contributed by atoms with Gasteiger partial charge in [-0.1, -0.05) is 19.4 Å². The van der Waals surface area contributed by atoms with E-state index in [1.165, 1.54) is 6.92 Å². The standard InChI is InChI=1S/C12H15F6NS2/c1-8(19-20-12(2,3)4)10-6-5-9(7-11(10)13)21(14,15,16,17)18/h5-7H,1-4H3. The van der Waals surface area contributed by atoms with Gasteiger partial charge in [0.05, 0.1) is 5.71 Å². The van der Waals surface area contributed by atoms with Crippen molar-refractivity contribution in [3.05, 3.63) is 29.6 Å². The van der Waals surface area contributed by atoms with Crippen LogP contribution in [0.2, 0.25) is 0 Å². The Bertz CT molecular complexity index is 586. The molecular formula is C12H15F6NS2. The molecule has 0 heterocycles. The lowest BCUT2D eigenvalue weighted by Gasteiger charge is -2.40. The van der Waals surface area contributed by atoms with Crippen LogP contribution in [0.1, 0.15) is 33.3 Å². The van der Waals surface area contributed by atoms with E-state index in [2.05, 4.69) is 4.40 Å². The van der Waals surface area contributed by atoms with Crippen LogP contribution in [-0.2, 0) is 0 Å². The van der Waals surface area contributed by atoms with E-state index in [1.807, 2.05) is 20.8 Å². The first-order valence-corrected chi connectivity index (χ1v) is 8.49. The van der Waals surface area contributed by atoms with Crippen LogP contribution in [-0.4, -0.2) is 10.5 Å². The molecule has 0 fully saturated rings. The monoisotopic (exact) mass is 351 g/mol. The first-order chi connectivity index (χ1) is 8.99. The maximum atomic E-state index is 13.7. The van der Waals surface area contributed by atoms with Gasteiger partial charge in [-0.2, -0.15) is 0 Å². The van der Waals surface area contributed by atoms with Crippen molar-refractivity contribution in [3.63, 3.8) is 0 Å². The van der Waals surface area contributed by atoms with Gasteiger partial charge >= 0.3 is 10.2 Å². The van der Waals surface area contributed by atoms with Crippen molar-refractivity contribution in [2.24, 2.45) is 4.40 Å². The molecule has 9 heteroatoms. The summed E-state index contributed by atoms with van der Waals surface area (Å²) in [5.74, 6) is -1.38. The largest absolute Gasteiger partial charge is 0.310 e. The van der Waals surface area contributed by atoms with Crippen molar-refractivity contribution in [2.45, 2.75) is 37.3 Å². The van der Waals surface area contributed by atoms with E-state index in [9.17, 15) is 23.8 Å². The van der Waals surface area contributed by atoms with Crippen LogP contribution >= 0.6 is 22.2 Å². The summed E-state index contributed by atoms with van der Waals surface area (Å²) >= 11 is 1.11. The molecule has 1 nitrogen and oxygen atoms in total. The first-order valence-electron chi connectivity index (χ1n) is 5.76. The third kappa shape index (κ3) is 5.46. The predicted molar refractivity (Wildman–Crippen MR) is 77.4 cm³/mol. The van der Waals surface area contributed by atoms with Crippen molar-refractivity contribution in [1.82, 2.24) is 0 Å². The van der Waals surface area contributed by atoms with Crippen LogP contribution in [0.3, 0.4) is 0 Å². The third-order valence-electron chi connectivity index (χ3n) is 2.23. The summed E-state index contributed by atoms with van der Waals surface area (Å²) in [4.78, 5) is -2.24. The predicted octanol–water partition coefficient (Wildman–Crippen LogP) is 6.74. The highest BCUT2D eigenvalue weighted by Gasteiger charge is 2.65. The second kappa shape index (κ2) is 4.58. The minimum absolute atomic E-state index is 0.126. The molecule has 1 aromatic carbocycles. The molecule has 0 spiro atoms. The van der Waals surface area contributed by atoms with Crippen molar-refractivity contribution in [1.29, 1.82) is 0 Å². The Morgan fingerprint density at radius 1 is 1.10 bits per heavy atom. The minimum Gasteiger partial charge on any atom is -0.220 e. The number of halogens is 6.